The second-order valence-corrected chi connectivity index (χ2v) is 9.48. The quantitative estimate of drug-likeness (QED) is 0.552. The summed E-state index contributed by atoms with van der Waals surface area (Å²) in [4.78, 5) is 12.1. The van der Waals surface area contributed by atoms with Crippen molar-refractivity contribution in [3.8, 4) is 0 Å². The van der Waals surface area contributed by atoms with Gasteiger partial charge in [0.2, 0.25) is 0 Å². The fraction of sp³-hybridized carbons (Fsp3) is 0.857. The molecular formula is C21H40O4. The van der Waals surface area contributed by atoms with E-state index in [1.165, 1.54) is 0 Å². The summed E-state index contributed by atoms with van der Waals surface area (Å²) in [7, 11) is 0. The molecule has 0 aromatic carbocycles. The van der Waals surface area contributed by atoms with E-state index in [0.717, 1.165) is 6.42 Å². The van der Waals surface area contributed by atoms with Crippen molar-refractivity contribution in [3.05, 3.63) is 12.2 Å². The van der Waals surface area contributed by atoms with Crippen LogP contribution in [0.15, 0.2) is 12.2 Å². The maximum atomic E-state index is 12.1. The summed E-state index contributed by atoms with van der Waals surface area (Å²) >= 11 is 0. The Morgan fingerprint density at radius 2 is 1.52 bits per heavy atom. The van der Waals surface area contributed by atoms with E-state index in [9.17, 15) is 9.90 Å². The van der Waals surface area contributed by atoms with Gasteiger partial charge < -0.3 is 14.6 Å². The number of hydrogen-bond donors (Lipinski definition) is 1. The molecule has 0 fully saturated rings. The van der Waals surface area contributed by atoms with Gasteiger partial charge in [0, 0.05) is 12.5 Å². The van der Waals surface area contributed by atoms with Crippen molar-refractivity contribution in [3.63, 3.8) is 0 Å². The second-order valence-electron chi connectivity index (χ2n) is 9.48. The van der Waals surface area contributed by atoms with Crippen molar-refractivity contribution < 1.29 is 19.4 Å². The van der Waals surface area contributed by atoms with Crippen LogP contribution < -0.4 is 0 Å². The molecule has 0 aliphatic heterocycles. The molecule has 0 radical (unpaired) electrons. The summed E-state index contributed by atoms with van der Waals surface area (Å²) in [5.74, 6) is -0.0363. The zero-order valence-corrected chi connectivity index (χ0v) is 18.1. The number of carbonyl (C=O) groups excluding carboxylic acids is 1. The van der Waals surface area contributed by atoms with Crippen LogP contribution in [-0.4, -0.2) is 40.9 Å². The number of ether oxygens (including phenoxy) is 2. The summed E-state index contributed by atoms with van der Waals surface area (Å²) in [6.45, 7) is 23.9. The molecule has 0 aromatic rings. The summed E-state index contributed by atoms with van der Waals surface area (Å²) in [6.07, 6.45) is 0.754. The van der Waals surface area contributed by atoms with E-state index < -0.39 is 16.8 Å². The molecule has 4 heteroatoms. The summed E-state index contributed by atoms with van der Waals surface area (Å²) in [5, 5.41) is 10.1. The second kappa shape index (κ2) is 8.32. The predicted molar refractivity (Wildman–Crippen MR) is 104 cm³/mol. The molecule has 1 atom stereocenters. The third-order valence-corrected chi connectivity index (χ3v) is 5.65. The molecule has 0 heterocycles. The molecule has 0 rings (SSSR count). The van der Waals surface area contributed by atoms with Gasteiger partial charge in [-0.1, -0.05) is 27.4 Å². The average Bonchev–Trinajstić information content (AvgIpc) is 2.41. The molecular weight excluding hydrogens is 316 g/mol. The fourth-order valence-electron chi connectivity index (χ4n) is 2.17. The van der Waals surface area contributed by atoms with E-state index in [0.29, 0.717) is 18.8 Å². The number of ketones is 1. The van der Waals surface area contributed by atoms with E-state index >= 15 is 0 Å². The minimum atomic E-state index is -0.859. The highest BCUT2D eigenvalue weighted by molar-refractivity contribution is 6.00. The van der Waals surface area contributed by atoms with E-state index in [4.69, 9.17) is 9.47 Å². The molecule has 25 heavy (non-hydrogen) atoms. The van der Waals surface area contributed by atoms with Crippen LogP contribution in [0.3, 0.4) is 0 Å². The van der Waals surface area contributed by atoms with Crippen LogP contribution in [0.1, 0.15) is 75.7 Å². The van der Waals surface area contributed by atoms with Gasteiger partial charge >= 0.3 is 0 Å². The Morgan fingerprint density at radius 1 is 1.04 bits per heavy atom. The lowest BCUT2D eigenvalue weighted by atomic mass is 9.74. The third-order valence-electron chi connectivity index (χ3n) is 5.65. The number of Topliss-reactive ketones (excluding diaryl/α,β-unsaturated/α-hetero) is 1. The molecule has 0 bridgehead atoms. The molecule has 0 aromatic heterocycles. The number of aliphatic hydroxyl groups is 1. The lowest BCUT2D eigenvalue weighted by Gasteiger charge is -2.43. The lowest BCUT2D eigenvalue weighted by molar-refractivity contribution is -0.147. The van der Waals surface area contributed by atoms with Gasteiger partial charge in [0.05, 0.1) is 17.8 Å². The monoisotopic (exact) mass is 356 g/mol. The smallest absolute Gasteiger partial charge is 0.189 e. The van der Waals surface area contributed by atoms with E-state index in [2.05, 4.69) is 34.3 Å². The summed E-state index contributed by atoms with van der Waals surface area (Å²) in [6, 6.07) is 0. The van der Waals surface area contributed by atoms with Crippen LogP contribution in [0.25, 0.3) is 0 Å². The van der Waals surface area contributed by atoms with E-state index in [-0.39, 0.29) is 17.1 Å². The van der Waals surface area contributed by atoms with Gasteiger partial charge in [-0.3, -0.25) is 4.79 Å². The molecule has 0 saturated heterocycles. The van der Waals surface area contributed by atoms with Crippen molar-refractivity contribution in [1.82, 2.24) is 0 Å². The molecule has 4 nitrogen and oxygen atoms in total. The molecule has 0 aliphatic carbocycles. The number of hydrogen-bond acceptors (Lipinski definition) is 4. The first-order valence-corrected chi connectivity index (χ1v) is 9.14. The van der Waals surface area contributed by atoms with Crippen molar-refractivity contribution >= 4 is 5.78 Å². The Balaban J connectivity index is 4.74. The first kappa shape index (κ1) is 24.3. The lowest BCUT2D eigenvalue weighted by Crippen LogP contribution is -2.45. The third kappa shape index (κ3) is 7.20. The Bertz CT molecular complexity index is 467. The van der Waals surface area contributed by atoms with Crippen LogP contribution >= 0.6 is 0 Å². The Kier molecular flexibility index (Phi) is 8.09. The maximum Gasteiger partial charge on any atom is 0.189 e. The predicted octanol–water partition coefficient (Wildman–Crippen LogP) is 4.55. The van der Waals surface area contributed by atoms with Crippen LogP contribution in [0, 0.1) is 11.3 Å². The van der Waals surface area contributed by atoms with Gasteiger partial charge in [-0.2, -0.15) is 0 Å². The topological polar surface area (TPSA) is 55.8 Å². The average molecular weight is 357 g/mol. The minimum Gasteiger partial charge on any atom is -0.390 e. The van der Waals surface area contributed by atoms with Gasteiger partial charge in [-0.05, 0) is 65.9 Å². The first-order valence-electron chi connectivity index (χ1n) is 9.14. The SMILES string of the molecule is C=C(C)C(=O)C(C)(C)OCCC(C)(C)C(C)(C)OCC(C)C(C)(C)O. The van der Waals surface area contributed by atoms with Crippen molar-refractivity contribution in [2.45, 2.75) is 92.5 Å². The van der Waals surface area contributed by atoms with Gasteiger partial charge in [0.1, 0.15) is 5.60 Å². The zero-order chi connectivity index (χ0) is 20.3. The zero-order valence-electron chi connectivity index (χ0n) is 18.1. The Hall–Kier alpha value is -0.710. The largest absolute Gasteiger partial charge is 0.390 e. The highest BCUT2D eigenvalue weighted by Gasteiger charge is 2.39. The van der Waals surface area contributed by atoms with Gasteiger partial charge in [0.25, 0.3) is 0 Å². The number of rotatable bonds is 11. The number of carbonyl (C=O) groups is 1. The van der Waals surface area contributed by atoms with Gasteiger partial charge in [0.15, 0.2) is 5.78 Å². The van der Waals surface area contributed by atoms with E-state index in [1.807, 2.05) is 6.92 Å². The minimum absolute atomic E-state index is 0.0333. The van der Waals surface area contributed by atoms with E-state index in [1.54, 1.807) is 34.6 Å². The molecule has 1 unspecified atom stereocenters. The first-order chi connectivity index (χ1) is 10.9. The van der Waals surface area contributed by atoms with Crippen molar-refractivity contribution in [2.24, 2.45) is 11.3 Å². The van der Waals surface area contributed by atoms with Crippen molar-refractivity contribution in [1.29, 1.82) is 0 Å². The molecule has 1 N–H and O–H groups in total. The summed E-state index contributed by atoms with van der Waals surface area (Å²) < 4.78 is 12.0. The van der Waals surface area contributed by atoms with Crippen LogP contribution in [0.4, 0.5) is 0 Å². The standard InChI is InChI=1S/C21H40O4/c1-15(2)17(22)20(8,9)24-13-12-18(4,5)21(10,11)25-14-16(3)19(6,7)23/h16,23H,1,12-14H2,2-11H3. The molecule has 0 saturated carbocycles. The molecule has 0 amide bonds. The molecule has 0 spiro atoms. The van der Waals surface area contributed by atoms with Crippen LogP contribution in [0.5, 0.6) is 0 Å². The normalized spacial score (nSPS) is 15.2. The maximum absolute atomic E-state index is 12.1. The molecule has 0 aliphatic rings. The fourth-order valence-corrected chi connectivity index (χ4v) is 2.17. The van der Waals surface area contributed by atoms with Crippen molar-refractivity contribution in [2.75, 3.05) is 13.2 Å². The van der Waals surface area contributed by atoms with Crippen LogP contribution in [0.2, 0.25) is 0 Å². The van der Waals surface area contributed by atoms with Gasteiger partial charge in [-0.25, -0.2) is 0 Å². The Labute approximate surface area is 155 Å². The Morgan fingerprint density at radius 3 is 1.92 bits per heavy atom. The highest BCUT2D eigenvalue weighted by atomic mass is 16.5. The highest BCUT2D eigenvalue weighted by Crippen LogP contribution is 2.38. The summed E-state index contributed by atoms with van der Waals surface area (Å²) in [5.41, 5.74) is -1.67. The molecule has 148 valence electrons. The van der Waals surface area contributed by atoms with Crippen LogP contribution in [-0.2, 0) is 14.3 Å². The van der Waals surface area contributed by atoms with Gasteiger partial charge in [-0.15, -0.1) is 0 Å².